The van der Waals surface area contributed by atoms with Crippen molar-refractivity contribution >= 4 is 23.7 Å². The molecule has 0 radical (unpaired) electrons. The number of imide groups is 1. The molecule has 1 saturated heterocycles. The number of benzene rings is 1. The molecule has 2 fully saturated rings. The van der Waals surface area contributed by atoms with Gasteiger partial charge in [0, 0.05) is 0 Å². The molecule has 2 atom stereocenters. The number of nitrogens with one attached hydrogen (secondary N) is 1. The van der Waals surface area contributed by atoms with Crippen LogP contribution in [0.15, 0.2) is 18.2 Å². The molecule has 1 aromatic rings. The molecule has 1 aromatic carbocycles. The zero-order chi connectivity index (χ0) is 21.2. The lowest BCUT2D eigenvalue weighted by atomic mass is 9.73. The minimum atomic E-state index is -0.972. The third-order valence-corrected chi connectivity index (χ3v) is 5.61. The van der Waals surface area contributed by atoms with Gasteiger partial charge in [-0.15, -0.1) is 0 Å². The molecule has 1 saturated carbocycles. The van der Waals surface area contributed by atoms with Crippen LogP contribution < -0.4 is 10.1 Å². The SMILES string of the molecule is COc1ccc(F)cc1C(=O)COC(=O)CN1C(=O)NC2(CCCCC2C)C1=O. The normalized spacial score (nSPS) is 23.8. The highest BCUT2D eigenvalue weighted by Crippen LogP contribution is 2.38. The predicted molar refractivity (Wildman–Crippen MR) is 98.8 cm³/mol. The second-order valence-electron chi connectivity index (χ2n) is 7.37. The van der Waals surface area contributed by atoms with E-state index in [0.717, 1.165) is 36.3 Å². The van der Waals surface area contributed by atoms with Crippen LogP contribution in [0.2, 0.25) is 0 Å². The van der Waals surface area contributed by atoms with Crippen molar-refractivity contribution in [1.29, 1.82) is 0 Å². The summed E-state index contributed by atoms with van der Waals surface area (Å²) in [6.45, 7) is 0.654. The van der Waals surface area contributed by atoms with Gasteiger partial charge in [-0.1, -0.05) is 19.8 Å². The lowest BCUT2D eigenvalue weighted by Crippen LogP contribution is -2.54. The van der Waals surface area contributed by atoms with Crippen LogP contribution in [0.25, 0.3) is 0 Å². The van der Waals surface area contributed by atoms with Crippen molar-refractivity contribution in [3.05, 3.63) is 29.6 Å². The van der Waals surface area contributed by atoms with E-state index in [0.29, 0.717) is 6.42 Å². The number of amides is 3. The van der Waals surface area contributed by atoms with Crippen LogP contribution in [-0.4, -0.2) is 54.4 Å². The van der Waals surface area contributed by atoms with Gasteiger partial charge >= 0.3 is 12.0 Å². The number of ether oxygens (including phenoxy) is 2. The third kappa shape index (κ3) is 3.94. The number of halogens is 1. The maximum atomic E-state index is 13.4. The predicted octanol–water partition coefficient (Wildman–Crippen LogP) is 2.06. The Morgan fingerprint density at radius 1 is 1.31 bits per heavy atom. The van der Waals surface area contributed by atoms with E-state index < -0.39 is 48.2 Å². The summed E-state index contributed by atoms with van der Waals surface area (Å²) in [5.41, 5.74) is -1.04. The van der Waals surface area contributed by atoms with Crippen molar-refractivity contribution in [2.45, 2.75) is 38.1 Å². The van der Waals surface area contributed by atoms with E-state index in [1.54, 1.807) is 0 Å². The number of esters is 1. The molecule has 2 aliphatic rings. The fraction of sp³-hybridized carbons (Fsp3) is 0.500. The molecule has 3 rings (SSSR count). The quantitative estimate of drug-likeness (QED) is 0.441. The number of Topliss-reactive ketones (excluding diaryl/α,β-unsaturated/α-hetero) is 1. The second kappa shape index (κ2) is 8.18. The number of carbonyl (C=O) groups excluding carboxylic acids is 4. The van der Waals surface area contributed by atoms with E-state index >= 15 is 0 Å². The maximum Gasteiger partial charge on any atom is 0.326 e. The first-order valence-electron chi connectivity index (χ1n) is 9.45. The van der Waals surface area contributed by atoms with E-state index in [1.807, 2.05) is 6.92 Å². The summed E-state index contributed by atoms with van der Waals surface area (Å²) >= 11 is 0. The smallest absolute Gasteiger partial charge is 0.326 e. The first-order chi connectivity index (χ1) is 13.8. The lowest BCUT2D eigenvalue weighted by Gasteiger charge is -2.36. The van der Waals surface area contributed by atoms with E-state index in [9.17, 15) is 23.6 Å². The molecule has 2 unspecified atom stereocenters. The molecule has 0 bridgehead atoms. The molecule has 1 N–H and O–H groups in total. The van der Waals surface area contributed by atoms with Crippen molar-refractivity contribution in [3.8, 4) is 5.75 Å². The fourth-order valence-corrected chi connectivity index (χ4v) is 3.94. The van der Waals surface area contributed by atoms with Gasteiger partial charge in [0.25, 0.3) is 5.91 Å². The lowest BCUT2D eigenvalue weighted by molar-refractivity contribution is -0.147. The number of hydrogen-bond donors (Lipinski definition) is 1. The Morgan fingerprint density at radius 2 is 2.07 bits per heavy atom. The van der Waals surface area contributed by atoms with Crippen LogP contribution >= 0.6 is 0 Å². The first-order valence-corrected chi connectivity index (χ1v) is 9.45. The molecule has 1 spiro atoms. The van der Waals surface area contributed by atoms with Crippen molar-refractivity contribution in [2.24, 2.45) is 5.92 Å². The highest BCUT2D eigenvalue weighted by atomic mass is 19.1. The van der Waals surface area contributed by atoms with Gasteiger partial charge in [0.05, 0.1) is 12.7 Å². The zero-order valence-electron chi connectivity index (χ0n) is 16.3. The van der Waals surface area contributed by atoms with Crippen LogP contribution in [0.1, 0.15) is 43.0 Å². The maximum absolute atomic E-state index is 13.4. The van der Waals surface area contributed by atoms with Crippen LogP contribution in [0.3, 0.4) is 0 Å². The largest absolute Gasteiger partial charge is 0.496 e. The fourth-order valence-electron chi connectivity index (χ4n) is 3.94. The number of rotatable bonds is 6. The Kier molecular flexibility index (Phi) is 5.86. The minimum absolute atomic E-state index is 0.0317. The van der Waals surface area contributed by atoms with Gasteiger partial charge in [-0.3, -0.25) is 19.3 Å². The number of methoxy groups -OCH3 is 1. The van der Waals surface area contributed by atoms with Gasteiger partial charge < -0.3 is 14.8 Å². The Morgan fingerprint density at radius 3 is 2.76 bits per heavy atom. The van der Waals surface area contributed by atoms with Crippen molar-refractivity contribution in [1.82, 2.24) is 10.2 Å². The average Bonchev–Trinajstić information content (AvgIpc) is 2.93. The van der Waals surface area contributed by atoms with Gasteiger partial charge in [0.15, 0.2) is 6.61 Å². The van der Waals surface area contributed by atoms with Crippen LogP contribution in [0.4, 0.5) is 9.18 Å². The van der Waals surface area contributed by atoms with Crippen LogP contribution in [0, 0.1) is 11.7 Å². The summed E-state index contributed by atoms with van der Waals surface area (Å²) in [6, 6.07) is 2.78. The highest BCUT2D eigenvalue weighted by Gasteiger charge is 2.55. The van der Waals surface area contributed by atoms with E-state index in [4.69, 9.17) is 9.47 Å². The van der Waals surface area contributed by atoms with Crippen LogP contribution in [-0.2, 0) is 14.3 Å². The van der Waals surface area contributed by atoms with Gasteiger partial charge in [0.2, 0.25) is 5.78 Å². The Hall–Kier alpha value is -2.97. The van der Waals surface area contributed by atoms with E-state index in [-0.39, 0.29) is 17.2 Å². The molecule has 3 amide bonds. The monoisotopic (exact) mass is 406 g/mol. The number of nitrogens with zero attached hydrogens (tertiary/aromatic N) is 1. The van der Waals surface area contributed by atoms with Crippen molar-refractivity contribution < 1.29 is 33.0 Å². The summed E-state index contributed by atoms with van der Waals surface area (Å²) in [5, 5.41) is 2.74. The van der Waals surface area contributed by atoms with E-state index in [2.05, 4.69) is 5.32 Å². The third-order valence-electron chi connectivity index (χ3n) is 5.61. The molecule has 156 valence electrons. The van der Waals surface area contributed by atoms with Crippen molar-refractivity contribution in [2.75, 3.05) is 20.3 Å². The topological polar surface area (TPSA) is 102 Å². The molecule has 1 aliphatic carbocycles. The average molecular weight is 406 g/mol. The van der Waals surface area contributed by atoms with Gasteiger partial charge in [-0.25, -0.2) is 9.18 Å². The Balaban J connectivity index is 1.61. The molecule has 9 heteroatoms. The van der Waals surface area contributed by atoms with E-state index in [1.165, 1.54) is 13.2 Å². The summed E-state index contributed by atoms with van der Waals surface area (Å²) in [7, 11) is 1.33. The minimum Gasteiger partial charge on any atom is -0.496 e. The summed E-state index contributed by atoms with van der Waals surface area (Å²) < 4.78 is 23.3. The zero-order valence-corrected chi connectivity index (χ0v) is 16.3. The summed E-state index contributed by atoms with van der Waals surface area (Å²) in [4.78, 5) is 50.3. The summed E-state index contributed by atoms with van der Waals surface area (Å²) in [5.74, 6) is -2.52. The molecule has 1 aliphatic heterocycles. The Labute approximate surface area is 167 Å². The molecular formula is C20H23FN2O6. The second-order valence-corrected chi connectivity index (χ2v) is 7.37. The number of ketones is 1. The molecule has 29 heavy (non-hydrogen) atoms. The molecule has 1 heterocycles. The summed E-state index contributed by atoms with van der Waals surface area (Å²) in [6.07, 6.45) is 3.15. The molecular weight excluding hydrogens is 383 g/mol. The van der Waals surface area contributed by atoms with Crippen LogP contribution in [0.5, 0.6) is 5.75 Å². The van der Waals surface area contributed by atoms with Gasteiger partial charge in [-0.05, 0) is 37.0 Å². The van der Waals surface area contributed by atoms with Gasteiger partial charge in [0.1, 0.15) is 23.7 Å². The standard InChI is InChI=1S/C20H23FN2O6/c1-12-5-3-4-8-20(12)18(26)23(19(27)22-20)10-17(25)29-11-15(24)14-9-13(21)6-7-16(14)28-2/h6-7,9,12H,3-5,8,10-11H2,1-2H3,(H,22,27). The highest BCUT2D eigenvalue weighted by molar-refractivity contribution is 6.09. The number of carbonyl (C=O) groups is 4. The molecule has 8 nitrogen and oxygen atoms in total. The number of urea groups is 1. The number of hydrogen-bond acceptors (Lipinski definition) is 6. The Bertz CT molecular complexity index is 857. The van der Waals surface area contributed by atoms with Gasteiger partial charge in [-0.2, -0.15) is 0 Å². The molecule has 0 aromatic heterocycles. The van der Waals surface area contributed by atoms with Crippen molar-refractivity contribution in [3.63, 3.8) is 0 Å². The first kappa shape index (κ1) is 20.8.